The maximum Gasteiger partial charge on any atom is 0.334 e. The molecular weight excluding hydrogens is 461 g/mol. The van der Waals surface area contributed by atoms with Crippen molar-refractivity contribution in [2.24, 2.45) is 4.99 Å². The molecule has 4 rings (SSSR count). The molecule has 1 heterocycles. The van der Waals surface area contributed by atoms with Crippen LogP contribution in [0.25, 0.3) is 0 Å². The molecule has 0 radical (unpaired) electrons. The maximum atomic E-state index is 13.4. The highest BCUT2D eigenvalue weighted by atomic mass is 31.1. The third-order valence-electron chi connectivity index (χ3n) is 5.84. The van der Waals surface area contributed by atoms with E-state index < -0.39 is 36.1 Å². The molecule has 3 aromatic carbocycles. The van der Waals surface area contributed by atoms with E-state index in [1.165, 1.54) is 12.1 Å². The second-order valence-corrected chi connectivity index (χ2v) is 11.6. The van der Waals surface area contributed by atoms with Crippen molar-refractivity contribution < 1.29 is 14.5 Å². The van der Waals surface area contributed by atoms with Gasteiger partial charge >= 0.3 is 5.97 Å². The Morgan fingerprint density at radius 3 is 1.94 bits per heavy atom. The van der Waals surface area contributed by atoms with Gasteiger partial charge in [0.2, 0.25) is 0 Å². The molecule has 2 atom stereocenters. The number of nitro groups is 1. The molecule has 0 aliphatic carbocycles. The van der Waals surface area contributed by atoms with Crippen LogP contribution in [0.1, 0.15) is 33.3 Å². The predicted molar refractivity (Wildman–Crippen MR) is 139 cm³/mol. The van der Waals surface area contributed by atoms with Gasteiger partial charge in [-0.15, -0.1) is 0 Å². The monoisotopic (exact) mass is 489 g/mol. The molecule has 0 aromatic heterocycles. The SMILES string of the molecule is CC(C)(C)OC(=O)[C@@H]1N=CN(P(c2ccccc2)c2ccccc2)[C@@]1(C)c1ccc([N+](=O)[O-])cc1. The van der Waals surface area contributed by atoms with Crippen LogP contribution < -0.4 is 10.6 Å². The van der Waals surface area contributed by atoms with Crippen LogP contribution in [0.2, 0.25) is 0 Å². The molecule has 3 aromatic rings. The third kappa shape index (κ3) is 4.96. The Morgan fingerprint density at radius 2 is 1.49 bits per heavy atom. The molecule has 1 aliphatic heterocycles. The number of non-ortho nitro benzene ring substituents is 1. The first kappa shape index (κ1) is 24.6. The van der Waals surface area contributed by atoms with Crippen LogP contribution >= 0.6 is 8.07 Å². The fraction of sp³-hybridized carbons (Fsp3) is 0.259. The van der Waals surface area contributed by atoms with Gasteiger partial charge in [-0.2, -0.15) is 0 Å². The molecule has 35 heavy (non-hydrogen) atoms. The first-order chi connectivity index (χ1) is 16.6. The quantitative estimate of drug-likeness (QED) is 0.213. The van der Waals surface area contributed by atoms with Gasteiger partial charge in [0.1, 0.15) is 11.1 Å². The van der Waals surface area contributed by atoms with E-state index in [0.717, 1.165) is 16.2 Å². The zero-order chi connectivity index (χ0) is 25.2. The summed E-state index contributed by atoms with van der Waals surface area (Å²) in [7, 11) is -1.13. The highest BCUT2D eigenvalue weighted by Gasteiger charge is 2.52. The van der Waals surface area contributed by atoms with Crippen LogP contribution in [0, 0.1) is 10.1 Å². The van der Waals surface area contributed by atoms with Gasteiger partial charge in [-0.3, -0.25) is 15.1 Å². The van der Waals surface area contributed by atoms with Crippen molar-refractivity contribution in [1.29, 1.82) is 0 Å². The summed E-state index contributed by atoms with van der Waals surface area (Å²) in [6.07, 6.45) is 1.74. The van der Waals surface area contributed by atoms with E-state index >= 15 is 0 Å². The number of esters is 1. The summed E-state index contributed by atoms with van der Waals surface area (Å²) in [6.45, 7) is 7.43. The zero-order valence-electron chi connectivity index (χ0n) is 20.2. The van der Waals surface area contributed by atoms with E-state index in [0.29, 0.717) is 0 Å². The number of aliphatic imine (C=N–C) groups is 1. The summed E-state index contributed by atoms with van der Waals surface area (Å²) in [5, 5.41) is 13.5. The number of nitro benzene ring substituents is 1. The molecule has 0 fully saturated rings. The fourth-order valence-electron chi connectivity index (χ4n) is 4.17. The van der Waals surface area contributed by atoms with Gasteiger partial charge in [0.05, 0.1) is 19.3 Å². The van der Waals surface area contributed by atoms with Gasteiger partial charge in [0.25, 0.3) is 5.69 Å². The number of benzene rings is 3. The van der Waals surface area contributed by atoms with Gasteiger partial charge < -0.3 is 9.41 Å². The number of ether oxygens (including phenoxy) is 1. The summed E-state index contributed by atoms with van der Waals surface area (Å²) >= 11 is 0. The minimum absolute atomic E-state index is 0.00924. The highest BCUT2D eigenvalue weighted by molar-refractivity contribution is 7.71. The number of nitrogens with zero attached hydrogens (tertiary/aromatic N) is 3. The number of carbonyl (C=O) groups is 1. The van der Waals surface area contributed by atoms with Crippen LogP contribution in [-0.4, -0.2) is 33.5 Å². The van der Waals surface area contributed by atoms with Crippen molar-refractivity contribution in [2.45, 2.75) is 44.9 Å². The number of rotatable bonds is 6. The van der Waals surface area contributed by atoms with Crippen molar-refractivity contribution in [3.63, 3.8) is 0 Å². The fourth-order valence-corrected chi connectivity index (χ4v) is 6.68. The normalized spacial score (nSPS) is 19.7. The van der Waals surface area contributed by atoms with E-state index in [-0.39, 0.29) is 5.69 Å². The second-order valence-electron chi connectivity index (χ2n) is 9.48. The van der Waals surface area contributed by atoms with Crippen molar-refractivity contribution >= 4 is 36.7 Å². The van der Waals surface area contributed by atoms with Crippen molar-refractivity contribution in [3.05, 3.63) is 101 Å². The lowest BCUT2D eigenvalue weighted by Crippen LogP contribution is -2.50. The van der Waals surface area contributed by atoms with Gasteiger partial charge in [-0.1, -0.05) is 60.7 Å². The Balaban J connectivity index is 1.87. The molecule has 7 nitrogen and oxygen atoms in total. The number of carbonyl (C=O) groups excluding carboxylic acids is 1. The molecule has 1 aliphatic rings. The predicted octanol–water partition coefficient (Wildman–Crippen LogP) is 4.91. The Hall–Kier alpha value is -3.57. The van der Waals surface area contributed by atoms with E-state index in [1.807, 2.05) is 64.1 Å². The second kappa shape index (κ2) is 9.59. The average Bonchev–Trinajstić information content (AvgIpc) is 3.18. The van der Waals surface area contributed by atoms with E-state index in [9.17, 15) is 14.9 Å². The highest BCUT2D eigenvalue weighted by Crippen LogP contribution is 2.51. The average molecular weight is 490 g/mol. The Morgan fingerprint density at radius 1 is 0.971 bits per heavy atom. The molecule has 0 unspecified atom stereocenters. The van der Waals surface area contributed by atoms with E-state index in [4.69, 9.17) is 4.74 Å². The number of hydrogen-bond acceptors (Lipinski definition) is 6. The van der Waals surface area contributed by atoms with Gasteiger partial charge in [-0.05, 0) is 45.4 Å². The molecule has 0 N–H and O–H groups in total. The van der Waals surface area contributed by atoms with E-state index in [1.54, 1.807) is 18.5 Å². The topological polar surface area (TPSA) is 85.0 Å². The summed E-state index contributed by atoms with van der Waals surface area (Å²) in [4.78, 5) is 28.9. The minimum Gasteiger partial charge on any atom is -0.458 e. The van der Waals surface area contributed by atoms with Crippen molar-refractivity contribution in [1.82, 2.24) is 4.67 Å². The largest absolute Gasteiger partial charge is 0.458 e. The molecule has 0 spiro atoms. The summed E-state index contributed by atoms with van der Waals surface area (Å²) in [6, 6.07) is 25.7. The lowest BCUT2D eigenvalue weighted by atomic mass is 9.85. The molecule has 0 amide bonds. The van der Waals surface area contributed by atoms with Crippen LogP contribution in [-0.2, 0) is 15.1 Å². The smallest absolute Gasteiger partial charge is 0.334 e. The Labute approximate surface area is 206 Å². The first-order valence-electron chi connectivity index (χ1n) is 11.3. The summed E-state index contributed by atoms with van der Waals surface area (Å²) in [5.41, 5.74) is -0.879. The zero-order valence-corrected chi connectivity index (χ0v) is 21.1. The Bertz CT molecular complexity index is 1190. The minimum atomic E-state index is -1.13. The van der Waals surface area contributed by atoms with Crippen LogP contribution in [0.5, 0.6) is 0 Å². The third-order valence-corrected chi connectivity index (χ3v) is 8.37. The Kier molecular flexibility index (Phi) is 6.73. The van der Waals surface area contributed by atoms with Crippen molar-refractivity contribution in [3.8, 4) is 0 Å². The molecule has 8 heteroatoms. The maximum absolute atomic E-state index is 13.4. The van der Waals surface area contributed by atoms with Gasteiger partial charge in [-0.25, -0.2) is 4.79 Å². The van der Waals surface area contributed by atoms with Crippen molar-refractivity contribution in [2.75, 3.05) is 0 Å². The number of hydrogen-bond donors (Lipinski definition) is 0. The van der Waals surface area contributed by atoms with Gasteiger partial charge in [0.15, 0.2) is 6.04 Å². The first-order valence-corrected chi connectivity index (χ1v) is 12.6. The molecule has 0 saturated carbocycles. The van der Waals surface area contributed by atoms with Crippen LogP contribution in [0.4, 0.5) is 5.69 Å². The molecule has 0 saturated heterocycles. The molecule has 180 valence electrons. The van der Waals surface area contributed by atoms with Crippen LogP contribution in [0.15, 0.2) is 89.9 Å². The molecular formula is C27H28N3O4P. The summed E-state index contributed by atoms with van der Waals surface area (Å²) in [5.74, 6) is -0.437. The standard InChI is InChI=1S/C27H28N3O4P/c1-26(2,3)34-25(31)24-27(4,20-15-17-21(18-16-20)30(32)33)29(19-28-24)35(22-11-7-5-8-12-22)23-13-9-6-10-14-23/h5-19,24H,1-4H3/t24-,27-/m0/s1. The lowest BCUT2D eigenvalue weighted by Gasteiger charge is -2.43. The van der Waals surface area contributed by atoms with E-state index in [2.05, 4.69) is 33.9 Å². The molecule has 0 bridgehead atoms. The lowest BCUT2D eigenvalue weighted by molar-refractivity contribution is -0.384. The van der Waals surface area contributed by atoms with Gasteiger partial charge in [0, 0.05) is 22.7 Å². The summed E-state index contributed by atoms with van der Waals surface area (Å²) < 4.78 is 7.89. The van der Waals surface area contributed by atoms with Crippen LogP contribution in [0.3, 0.4) is 0 Å².